The Morgan fingerprint density at radius 2 is 2.06 bits per heavy atom. The van der Waals surface area contributed by atoms with Crippen LogP contribution >= 0.6 is 0 Å². The minimum absolute atomic E-state index is 0.431. The molecule has 2 rings (SSSR count). The molecule has 0 spiro atoms. The number of ether oxygens (including phenoxy) is 1. The molecule has 0 atom stereocenters. The molecule has 0 unspecified atom stereocenters. The van der Waals surface area contributed by atoms with Crippen molar-refractivity contribution in [2.24, 2.45) is 0 Å². The van der Waals surface area contributed by atoms with Crippen molar-refractivity contribution < 1.29 is 9.26 Å². The molecule has 0 fully saturated rings. The number of benzene rings is 1. The third kappa shape index (κ3) is 2.86. The van der Waals surface area contributed by atoms with Crippen LogP contribution < -0.4 is 4.74 Å². The molecule has 0 radical (unpaired) electrons. The van der Waals surface area contributed by atoms with Gasteiger partial charge in [-0.1, -0.05) is 36.7 Å². The topological polar surface area (TPSA) is 35.3 Å². The molecule has 84 valence electrons. The van der Waals surface area contributed by atoms with Gasteiger partial charge in [-0.25, -0.2) is 0 Å². The highest BCUT2D eigenvalue weighted by atomic mass is 16.5. The van der Waals surface area contributed by atoms with Crippen molar-refractivity contribution in [3.05, 3.63) is 47.9 Å². The van der Waals surface area contributed by atoms with Gasteiger partial charge in [0, 0.05) is 6.07 Å². The van der Waals surface area contributed by atoms with Crippen LogP contribution in [-0.4, -0.2) is 5.16 Å². The van der Waals surface area contributed by atoms with Gasteiger partial charge < -0.3 is 9.26 Å². The van der Waals surface area contributed by atoms with Crippen LogP contribution in [0.3, 0.4) is 0 Å². The Labute approximate surface area is 95.0 Å². The van der Waals surface area contributed by atoms with Crippen molar-refractivity contribution in [1.29, 1.82) is 0 Å². The Bertz CT molecular complexity index is 423. The Kier molecular flexibility index (Phi) is 3.59. The van der Waals surface area contributed by atoms with E-state index in [4.69, 9.17) is 9.26 Å². The fourth-order valence-electron chi connectivity index (χ4n) is 1.47. The number of nitrogens with zero attached hydrogens (tertiary/aromatic N) is 1. The molecule has 0 aliphatic heterocycles. The molecule has 1 heterocycles. The van der Waals surface area contributed by atoms with E-state index in [0.29, 0.717) is 6.61 Å². The first-order valence-corrected chi connectivity index (χ1v) is 5.51. The van der Waals surface area contributed by atoms with E-state index in [1.54, 1.807) is 0 Å². The molecule has 16 heavy (non-hydrogen) atoms. The van der Waals surface area contributed by atoms with Crippen LogP contribution in [0.4, 0.5) is 0 Å². The third-order valence-electron chi connectivity index (χ3n) is 2.24. The van der Waals surface area contributed by atoms with Crippen LogP contribution in [0.15, 0.2) is 40.9 Å². The summed E-state index contributed by atoms with van der Waals surface area (Å²) in [6, 6.07) is 11.6. The first kappa shape index (κ1) is 10.7. The van der Waals surface area contributed by atoms with Gasteiger partial charge in [0.1, 0.15) is 12.4 Å². The first-order valence-electron chi connectivity index (χ1n) is 5.51. The summed E-state index contributed by atoms with van der Waals surface area (Å²) in [4.78, 5) is 0. The number of rotatable bonds is 5. The third-order valence-corrected chi connectivity index (χ3v) is 2.24. The van der Waals surface area contributed by atoms with E-state index >= 15 is 0 Å². The summed E-state index contributed by atoms with van der Waals surface area (Å²) in [5.41, 5.74) is 0.995. The molecule has 0 saturated heterocycles. The van der Waals surface area contributed by atoms with Gasteiger partial charge in [-0.15, -0.1) is 0 Å². The molecule has 0 N–H and O–H groups in total. The molecular weight excluding hydrogens is 202 g/mol. The quantitative estimate of drug-likeness (QED) is 0.771. The monoisotopic (exact) mass is 217 g/mol. The minimum Gasteiger partial charge on any atom is -0.486 e. The van der Waals surface area contributed by atoms with Gasteiger partial charge in [0.05, 0.1) is 5.69 Å². The van der Waals surface area contributed by atoms with Crippen LogP contribution in [0, 0.1) is 0 Å². The maximum atomic E-state index is 5.55. The van der Waals surface area contributed by atoms with Crippen molar-refractivity contribution in [3.8, 4) is 5.75 Å². The highest BCUT2D eigenvalue weighted by Crippen LogP contribution is 2.12. The van der Waals surface area contributed by atoms with Gasteiger partial charge in [0.2, 0.25) is 0 Å². The molecule has 1 aromatic carbocycles. The van der Waals surface area contributed by atoms with E-state index in [1.165, 1.54) is 0 Å². The highest BCUT2D eigenvalue weighted by Gasteiger charge is 2.03. The van der Waals surface area contributed by atoms with Crippen molar-refractivity contribution in [3.63, 3.8) is 0 Å². The predicted molar refractivity (Wildman–Crippen MR) is 61.3 cm³/mol. The lowest BCUT2D eigenvalue weighted by molar-refractivity contribution is 0.248. The highest BCUT2D eigenvalue weighted by molar-refractivity contribution is 5.21. The van der Waals surface area contributed by atoms with Gasteiger partial charge in [0.15, 0.2) is 5.76 Å². The van der Waals surface area contributed by atoms with Gasteiger partial charge in [-0.05, 0) is 18.6 Å². The van der Waals surface area contributed by atoms with Crippen molar-refractivity contribution in [1.82, 2.24) is 5.16 Å². The summed E-state index contributed by atoms with van der Waals surface area (Å²) in [5.74, 6) is 1.61. The molecule has 0 bridgehead atoms. The normalized spacial score (nSPS) is 10.3. The maximum Gasteiger partial charge on any atom is 0.174 e. The number of hydrogen-bond acceptors (Lipinski definition) is 3. The molecule has 0 saturated carbocycles. The Balaban J connectivity index is 1.89. The molecule has 0 amide bonds. The van der Waals surface area contributed by atoms with E-state index < -0.39 is 0 Å². The smallest absolute Gasteiger partial charge is 0.174 e. The van der Waals surface area contributed by atoms with Gasteiger partial charge in [0.25, 0.3) is 0 Å². The van der Waals surface area contributed by atoms with Gasteiger partial charge >= 0.3 is 0 Å². The van der Waals surface area contributed by atoms with Gasteiger partial charge in [-0.2, -0.15) is 0 Å². The summed E-state index contributed by atoms with van der Waals surface area (Å²) >= 11 is 0. The second kappa shape index (κ2) is 5.35. The van der Waals surface area contributed by atoms with E-state index in [-0.39, 0.29) is 0 Å². The minimum atomic E-state index is 0.431. The van der Waals surface area contributed by atoms with E-state index in [1.807, 2.05) is 36.4 Å². The second-order valence-corrected chi connectivity index (χ2v) is 3.64. The predicted octanol–water partition coefficient (Wildman–Crippen LogP) is 3.21. The summed E-state index contributed by atoms with van der Waals surface area (Å²) < 4.78 is 10.7. The molecular formula is C13H15NO2. The number of aromatic nitrogens is 1. The van der Waals surface area contributed by atoms with Crippen LogP contribution in [0.1, 0.15) is 24.8 Å². The lowest BCUT2D eigenvalue weighted by Crippen LogP contribution is -1.93. The SMILES string of the molecule is CCCc1cc(COc2ccccc2)on1. The fraction of sp³-hybridized carbons (Fsp3) is 0.308. The lowest BCUT2D eigenvalue weighted by atomic mass is 10.2. The number of para-hydroxylation sites is 1. The van der Waals surface area contributed by atoms with Crippen molar-refractivity contribution >= 4 is 0 Å². The summed E-state index contributed by atoms with van der Waals surface area (Å²) in [5, 5.41) is 3.96. The van der Waals surface area contributed by atoms with Gasteiger partial charge in [-0.3, -0.25) is 0 Å². The van der Waals surface area contributed by atoms with Crippen LogP contribution in [0.5, 0.6) is 5.75 Å². The van der Waals surface area contributed by atoms with Crippen LogP contribution in [0.2, 0.25) is 0 Å². The largest absolute Gasteiger partial charge is 0.486 e. The molecule has 1 aromatic heterocycles. The summed E-state index contributed by atoms with van der Waals surface area (Å²) in [6.07, 6.45) is 2.03. The second-order valence-electron chi connectivity index (χ2n) is 3.64. The van der Waals surface area contributed by atoms with Crippen molar-refractivity contribution in [2.75, 3.05) is 0 Å². The Morgan fingerprint density at radius 3 is 2.81 bits per heavy atom. The molecule has 0 aliphatic rings. The number of hydrogen-bond donors (Lipinski definition) is 0. The molecule has 0 aliphatic carbocycles. The standard InChI is InChI=1S/C13H15NO2/c1-2-6-11-9-13(16-14-11)10-15-12-7-4-3-5-8-12/h3-5,7-9H,2,6,10H2,1H3. The summed E-state index contributed by atoms with van der Waals surface area (Å²) in [6.45, 7) is 2.55. The zero-order chi connectivity index (χ0) is 11.2. The summed E-state index contributed by atoms with van der Waals surface area (Å²) in [7, 11) is 0. The lowest BCUT2D eigenvalue weighted by Gasteiger charge is -2.01. The average Bonchev–Trinajstić information content (AvgIpc) is 2.76. The van der Waals surface area contributed by atoms with E-state index in [2.05, 4.69) is 12.1 Å². The zero-order valence-electron chi connectivity index (χ0n) is 9.35. The van der Waals surface area contributed by atoms with E-state index in [9.17, 15) is 0 Å². The Hall–Kier alpha value is -1.77. The van der Waals surface area contributed by atoms with Crippen molar-refractivity contribution in [2.45, 2.75) is 26.4 Å². The van der Waals surface area contributed by atoms with E-state index in [0.717, 1.165) is 30.0 Å². The molecule has 3 heteroatoms. The fourth-order valence-corrected chi connectivity index (χ4v) is 1.47. The van der Waals surface area contributed by atoms with Crippen LogP contribution in [0.25, 0.3) is 0 Å². The van der Waals surface area contributed by atoms with Crippen LogP contribution in [-0.2, 0) is 13.0 Å². The maximum absolute atomic E-state index is 5.55. The molecule has 3 nitrogen and oxygen atoms in total. The average molecular weight is 217 g/mol. The molecule has 2 aromatic rings. The zero-order valence-corrected chi connectivity index (χ0v) is 9.35. The first-order chi connectivity index (χ1) is 7.88. The number of aryl methyl sites for hydroxylation is 1. The Morgan fingerprint density at radius 1 is 1.25 bits per heavy atom.